The average molecular weight is 433 g/mol. The van der Waals surface area contributed by atoms with Crippen molar-refractivity contribution in [3.63, 3.8) is 0 Å². The van der Waals surface area contributed by atoms with Crippen LogP contribution in [-0.4, -0.2) is 37.2 Å². The van der Waals surface area contributed by atoms with Crippen LogP contribution in [-0.2, 0) is 4.79 Å². The standard InChI is InChI=1S/C24H22FN5O2.H2/c1-3-4-21(31)19-7-13(2)17(12-27-19)15-8-14-11-28-22(29-24(32)16-9-18(16)25)10-20(14)30-6-5-26-23(15)30;/h5-8,10-12,16,18H,3-4,9H2,1-2H3,(H,28,29,32);1H/t16-,18+;/m0./s1. The number of nitrogens with zero attached hydrogens (tertiary/aromatic N) is 4. The summed E-state index contributed by atoms with van der Waals surface area (Å²) >= 11 is 0. The average Bonchev–Trinajstić information content (AvgIpc) is 3.30. The minimum absolute atomic E-state index is 0. The van der Waals surface area contributed by atoms with Crippen molar-refractivity contribution < 1.29 is 15.4 Å². The van der Waals surface area contributed by atoms with Crippen LogP contribution in [0.3, 0.4) is 0 Å². The maximum absolute atomic E-state index is 13.2. The smallest absolute Gasteiger partial charge is 0.231 e. The van der Waals surface area contributed by atoms with Gasteiger partial charge in [-0.15, -0.1) is 0 Å². The number of ketones is 1. The molecule has 7 nitrogen and oxygen atoms in total. The number of Topliss-reactive ketones (excluding diaryl/α,β-unsaturated/α-hetero) is 1. The maximum atomic E-state index is 13.2. The molecule has 4 heterocycles. The van der Waals surface area contributed by atoms with Crippen LogP contribution in [0.4, 0.5) is 10.2 Å². The Labute approximate surface area is 185 Å². The molecular formula is C24H24FN5O2. The molecule has 1 fully saturated rings. The van der Waals surface area contributed by atoms with Crippen molar-refractivity contribution in [1.82, 2.24) is 19.4 Å². The molecule has 1 N–H and O–H groups in total. The molecular weight excluding hydrogens is 409 g/mol. The zero-order chi connectivity index (χ0) is 22.4. The lowest BCUT2D eigenvalue weighted by atomic mass is 10.0. The van der Waals surface area contributed by atoms with Crippen molar-refractivity contribution >= 4 is 34.1 Å². The fraction of sp³-hybridized carbons (Fsp3) is 0.292. The van der Waals surface area contributed by atoms with Gasteiger partial charge in [-0.3, -0.25) is 19.0 Å². The summed E-state index contributed by atoms with van der Waals surface area (Å²) < 4.78 is 15.1. The molecule has 8 heteroatoms. The van der Waals surface area contributed by atoms with Crippen molar-refractivity contribution in [2.45, 2.75) is 39.3 Å². The van der Waals surface area contributed by atoms with E-state index in [1.165, 1.54) is 0 Å². The quantitative estimate of drug-likeness (QED) is 0.442. The van der Waals surface area contributed by atoms with Crippen molar-refractivity contribution in [3.05, 3.63) is 54.2 Å². The Morgan fingerprint density at radius 1 is 1.19 bits per heavy atom. The van der Waals surface area contributed by atoms with Crippen LogP contribution in [0.1, 0.15) is 43.7 Å². The van der Waals surface area contributed by atoms with Gasteiger partial charge in [-0.2, -0.15) is 0 Å². The number of anilines is 1. The Morgan fingerprint density at radius 2 is 2.00 bits per heavy atom. The number of carbonyl (C=O) groups is 2. The fourth-order valence-corrected chi connectivity index (χ4v) is 3.96. The van der Waals surface area contributed by atoms with Crippen LogP contribution < -0.4 is 5.32 Å². The molecule has 1 aliphatic carbocycles. The van der Waals surface area contributed by atoms with Crippen LogP contribution in [0.25, 0.3) is 27.7 Å². The van der Waals surface area contributed by atoms with Gasteiger partial charge in [0, 0.05) is 55.2 Å². The number of halogens is 1. The van der Waals surface area contributed by atoms with E-state index in [-0.39, 0.29) is 19.5 Å². The first-order chi connectivity index (χ1) is 15.5. The summed E-state index contributed by atoms with van der Waals surface area (Å²) in [6.07, 6.45) is 7.41. The zero-order valence-electron chi connectivity index (χ0n) is 17.8. The number of carbonyl (C=O) groups excluding carboxylic acids is 2. The highest BCUT2D eigenvalue weighted by atomic mass is 19.1. The first-order valence-electron chi connectivity index (χ1n) is 10.7. The summed E-state index contributed by atoms with van der Waals surface area (Å²) in [5.74, 6) is -0.510. The van der Waals surface area contributed by atoms with Gasteiger partial charge in [0.05, 0.1) is 11.4 Å². The Balaban J connectivity index is 0.00000259. The molecule has 164 valence electrons. The molecule has 0 unspecified atom stereocenters. The van der Waals surface area contributed by atoms with Gasteiger partial charge in [-0.1, -0.05) is 6.92 Å². The van der Waals surface area contributed by atoms with Gasteiger partial charge >= 0.3 is 0 Å². The fourth-order valence-electron chi connectivity index (χ4n) is 3.96. The van der Waals surface area contributed by atoms with Crippen LogP contribution in [0.15, 0.2) is 43.0 Å². The molecule has 32 heavy (non-hydrogen) atoms. The lowest BCUT2D eigenvalue weighted by Gasteiger charge is -2.12. The highest BCUT2D eigenvalue weighted by molar-refractivity contribution is 5.98. The summed E-state index contributed by atoms with van der Waals surface area (Å²) in [6.45, 7) is 3.92. The van der Waals surface area contributed by atoms with Gasteiger partial charge in [0.2, 0.25) is 5.91 Å². The number of hydrogen-bond acceptors (Lipinski definition) is 5. The molecule has 1 saturated carbocycles. The van der Waals surface area contributed by atoms with Crippen LogP contribution in [0, 0.1) is 12.8 Å². The van der Waals surface area contributed by atoms with Gasteiger partial charge in [0.15, 0.2) is 5.78 Å². The van der Waals surface area contributed by atoms with Gasteiger partial charge in [-0.25, -0.2) is 14.4 Å². The third kappa shape index (κ3) is 3.51. The number of imidazole rings is 1. The molecule has 4 aromatic heterocycles. The minimum atomic E-state index is -1.06. The van der Waals surface area contributed by atoms with Crippen LogP contribution >= 0.6 is 0 Å². The highest BCUT2D eigenvalue weighted by Crippen LogP contribution is 2.35. The SMILES string of the molecule is CCCC(=O)c1cc(C)c(-c2cc3cnc(NC(=O)[C@H]4C[C@H]4F)cc3n3ccnc23)cn1.[HH]. The molecule has 0 radical (unpaired) electrons. The predicted octanol–water partition coefficient (Wildman–Crippen LogP) is 4.78. The molecule has 2 atom stereocenters. The Kier molecular flexibility index (Phi) is 4.92. The lowest BCUT2D eigenvalue weighted by molar-refractivity contribution is -0.117. The topological polar surface area (TPSA) is 89.2 Å². The van der Waals surface area contributed by atoms with Gasteiger partial charge in [0.1, 0.15) is 23.3 Å². The van der Waals surface area contributed by atoms with Crippen molar-refractivity contribution in [2.75, 3.05) is 5.32 Å². The Hall–Kier alpha value is -3.68. The largest absolute Gasteiger partial charge is 0.310 e. The van der Waals surface area contributed by atoms with Crippen molar-refractivity contribution in [2.24, 2.45) is 5.92 Å². The van der Waals surface area contributed by atoms with Gasteiger partial charge < -0.3 is 5.32 Å². The van der Waals surface area contributed by atoms with Gasteiger partial charge in [0.25, 0.3) is 0 Å². The number of pyridine rings is 3. The predicted molar refractivity (Wildman–Crippen MR) is 121 cm³/mol. The molecule has 0 aliphatic heterocycles. The zero-order valence-corrected chi connectivity index (χ0v) is 17.8. The maximum Gasteiger partial charge on any atom is 0.231 e. The molecule has 0 spiro atoms. The van der Waals surface area contributed by atoms with Crippen LogP contribution in [0.2, 0.25) is 0 Å². The number of amides is 1. The lowest BCUT2D eigenvalue weighted by Crippen LogP contribution is -2.16. The number of hydrogen-bond donors (Lipinski definition) is 1. The second-order valence-electron chi connectivity index (χ2n) is 8.21. The number of fused-ring (bicyclic) bond motifs is 3. The van der Waals surface area contributed by atoms with E-state index in [4.69, 9.17) is 0 Å². The molecule has 0 saturated heterocycles. The Bertz CT molecular complexity index is 1390. The summed E-state index contributed by atoms with van der Waals surface area (Å²) in [4.78, 5) is 37.6. The van der Waals surface area contributed by atoms with E-state index >= 15 is 0 Å². The molecule has 0 bridgehead atoms. The first-order valence-corrected chi connectivity index (χ1v) is 10.7. The van der Waals surface area contributed by atoms with Crippen LogP contribution in [0.5, 0.6) is 0 Å². The third-order valence-corrected chi connectivity index (χ3v) is 5.82. The number of nitrogens with one attached hydrogen (secondary N) is 1. The van der Waals surface area contributed by atoms with E-state index in [9.17, 15) is 14.0 Å². The Morgan fingerprint density at radius 3 is 2.72 bits per heavy atom. The number of alkyl halides is 1. The molecule has 0 aromatic carbocycles. The van der Waals surface area contributed by atoms with Crippen molar-refractivity contribution in [1.29, 1.82) is 0 Å². The molecule has 1 aliphatic rings. The summed E-state index contributed by atoms with van der Waals surface area (Å²) in [5, 5.41) is 3.55. The van der Waals surface area contributed by atoms with E-state index in [1.54, 1.807) is 24.7 Å². The third-order valence-electron chi connectivity index (χ3n) is 5.82. The minimum Gasteiger partial charge on any atom is -0.310 e. The number of aryl methyl sites for hydroxylation is 1. The van der Waals surface area contributed by atoms with E-state index < -0.39 is 12.1 Å². The normalized spacial score (nSPS) is 17.6. The monoisotopic (exact) mass is 433 g/mol. The van der Waals surface area contributed by atoms with E-state index in [0.29, 0.717) is 17.9 Å². The second-order valence-corrected chi connectivity index (χ2v) is 8.21. The summed E-state index contributed by atoms with van der Waals surface area (Å²) in [5.41, 5.74) is 4.71. The summed E-state index contributed by atoms with van der Waals surface area (Å²) in [6, 6.07) is 5.56. The van der Waals surface area contributed by atoms with E-state index in [1.807, 2.05) is 36.6 Å². The first kappa shape index (κ1) is 20.2. The molecule has 1 amide bonds. The van der Waals surface area contributed by atoms with E-state index in [0.717, 1.165) is 39.7 Å². The highest BCUT2D eigenvalue weighted by Gasteiger charge is 2.43. The van der Waals surface area contributed by atoms with Crippen molar-refractivity contribution in [3.8, 4) is 11.1 Å². The molecule has 5 rings (SSSR count). The summed E-state index contributed by atoms with van der Waals surface area (Å²) in [7, 11) is 0. The van der Waals surface area contributed by atoms with Gasteiger partial charge in [-0.05, 0) is 37.5 Å². The number of aromatic nitrogens is 4. The second kappa shape index (κ2) is 7.78. The number of rotatable bonds is 6. The van der Waals surface area contributed by atoms with E-state index in [2.05, 4.69) is 20.3 Å². The molecule has 4 aromatic rings.